The topological polar surface area (TPSA) is 131 Å². The van der Waals surface area contributed by atoms with Crippen LogP contribution in [0.15, 0.2) is 30.3 Å². The number of carbonyl (C=O) groups excluding carboxylic acids is 1. The van der Waals surface area contributed by atoms with Crippen LogP contribution in [-0.2, 0) is 9.53 Å². The molecule has 9 nitrogen and oxygen atoms in total. The fourth-order valence-electron chi connectivity index (χ4n) is 4.09. The van der Waals surface area contributed by atoms with Gasteiger partial charge in [-0.05, 0) is 54.5 Å². The van der Waals surface area contributed by atoms with Gasteiger partial charge in [-0.1, -0.05) is 26.8 Å². The molecule has 3 rings (SSSR count). The number of carbonyl (C=O) groups is 2. The van der Waals surface area contributed by atoms with Crippen LogP contribution in [0.25, 0.3) is 0 Å². The Morgan fingerprint density at radius 2 is 1.91 bits per heavy atom. The van der Waals surface area contributed by atoms with Gasteiger partial charge in [0, 0.05) is 25.8 Å². The maximum Gasteiger partial charge on any atom is 0.303 e. The lowest BCUT2D eigenvalue weighted by molar-refractivity contribution is -0.137. The fraction of sp³-hybridized carbons (Fsp3) is 0.500. The van der Waals surface area contributed by atoms with Crippen LogP contribution >= 0.6 is 0 Å². The van der Waals surface area contributed by atoms with Crippen molar-refractivity contribution >= 4 is 29.1 Å². The molecule has 9 heteroatoms. The summed E-state index contributed by atoms with van der Waals surface area (Å²) >= 11 is 0. The van der Waals surface area contributed by atoms with E-state index < -0.39 is 11.9 Å². The van der Waals surface area contributed by atoms with E-state index in [0.29, 0.717) is 17.8 Å². The van der Waals surface area contributed by atoms with E-state index in [0.717, 1.165) is 49.5 Å². The molecule has 1 fully saturated rings. The number of aliphatic carboxylic acids is 1. The van der Waals surface area contributed by atoms with Crippen LogP contribution in [0.1, 0.15) is 62.0 Å². The Labute approximate surface area is 194 Å². The number of aromatic nitrogens is 2. The third-order valence-corrected chi connectivity index (χ3v) is 5.75. The van der Waals surface area contributed by atoms with Gasteiger partial charge in [0.1, 0.15) is 0 Å². The minimum Gasteiger partial charge on any atom is -0.481 e. The number of ether oxygens (including phenoxy) is 1. The minimum absolute atomic E-state index is 0.0432. The first-order valence-corrected chi connectivity index (χ1v) is 11.3. The third kappa shape index (κ3) is 6.64. The van der Waals surface area contributed by atoms with Crippen molar-refractivity contribution in [2.45, 2.75) is 52.0 Å². The summed E-state index contributed by atoms with van der Waals surface area (Å²) in [5, 5.41) is 20.6. The average Bonchev–Trinajstić information content (AvgIpc) is 2.78. The molecule has 1 amide bonds. The van der Waals surface area contributed by atoms with Crippen LogP contribution in [0, 0.1) is 5.92 Å². The Morgan fingerprint density at radius 3 is 2.48 bits per heavy atom. The molecule has 1 atom stereocenters. The fourth-order valence-corrected chi connectivity index (χ4v) is 4.09. The normalized spacial score (nSPS) is 15.3. The summed E-state index contributed by atoms with van der Waals surface area (Å²) in [6.45, 7) is 8.62. The van der Waals surface area contributed by atoms with Crippen LogP contribution in [0.5, 0.6) is 0 Å². The molecule has 0 spiro atoms. The molecule has 1 aromatic heterocycles. The highest BCUT2D eigenvalue weighted by Crippen LogP contribution is 2.35. The lowest BCUT2D eigenvalue weighted by Crippen LogP contribution is -2.42. The van der Waals surface area contributed by atoms with Gasteiger partial charge in [0.2, 0.25) is 0 Å². The molecule has 0 unspecified atom stereocenters. The van der Waals surface area contributed by atoms with E-state index in [1.807, 2.05) is 19.1 Å². The second-order valence-corrected chi connectivity index (χ2v) is 8.96. The van der Waals surface area contributed by atoms with Gasteiger partial charge in [-0.2, -0.15) is 0 Å². The van der Waals surface area contributed by atoms with Crippen molar-refractivity contribution in [3.63, 3.8) is 0 Å². The van der Waals surface area contributed by atoms with Gasteiger partial charge in [0.15, 0.2) is 11.5 Å². The van der Waals surface area contributed by atoms with Gasteiger partial charge in [-0.15, -0.1) is 10.2 Å². The zero-order chi connectivity index (χ0) is 24.0. The standard InChI is InChI=1S/C24H33N5O4/c1-15(2)14-29(18-8-10-33-11-9-18)21-6-4-17(16(3)12-23(30)31)13-20(21)26-22-7-5-19(24(25)32)27-28-22/h4-7,13,15-16,18H,8-12,14H2,1-3H3,(H2,25,32)(H,26,28)(H,30,31)/t16-/m1/s1. The molecule has 1 aromatic carbocycles. The molecule has 1 saturated heterocycles. The zero-order valence-corrected chi connectivity index (χ0v) is 19.5. The molecule has 0 radical (unpaired) electrons. The SMILES string of the molecule is CC(C)CN(c1ccc([C@H](C)CC(=O)O)cc1Nc1ccc(C(N)=O)nn1)C1CCOCC1. The second kappa shape index (κ2) is 11.1. The van der Waals surface area contributed by atoms with Gasteiger partial charge in [-0.25, -0.2) is 0 Å². The number of nitrogens with zero attached hydrogens (tertiary/aromatic N) is 3. The smallest absolute Gasteiger partial charge is 0.303 e. The molecular weight excluding hydrogens is 422 g/mol. The number of carboxylic acid groups (broad SMARTS) is 1. The Balaban J connectivity index is 2.00. The molecule has 33 heavy (non-hydrogen) atoms. The number of hydrogen-bond donors (Lipinski definition) is 3. The van der Waals surface area contributed by atoms with E-state index in [1.54, 1.807) is 6.07 Å². The number of rotatable bonds is 10. The Kier molecular flexibility index (Phi) is 8.21. The van der Waals surface area contributed by atoms with Crippen LogP contribution < -0.4 is 16.0 Å². The Hall–Kier alpha value is -3.20. The monoisotopic (exact) mass is 455 g/mol. The van der Waals surface area contributed by atoms with E-state index >= 15 is 0 Å². The first-order chi connectivity index (χ1) is 15.7. The number of nitrogens with one attached hydrogen (secondary N) is 1. The number of carboxylic acids is 1. The first-order valence-electron chi connectivity index (χ1n) is 11.3. The quantitative estimate of drug-likeness (QED) is 0.496. The number of hydrogen-bond acceptors (Lipinski definition) is 7. The largest absolute Gasteiger partial charge is 0.481 e. The highest BCUT2D eigenvalue weighted by atomic mass is 16.5. The van der Waals surface area contributed by atoms with Gasteiger partial charge in [0.05, 0.1) is 17.8 Å². The van der Waals surface area contributed by atoms with Crippen molar-refractivity contribution in [1.82, 2.24) is 10.2 Å². The van der Waals surface area contributed by atoms with E-state index in [4.69, 9.17) is 10.5 Å². The summed E-state index contributed by atoms with van der Waals surface area (Å²) in [5.74, 6) is -0.705. The van der Waals surface area contributed by atoms with Crippen molar-refractivity contribution in [2.24, 2.45) is 11.7 Å². The molecular formula is C24H33N5O4. The van der Waals surface area contributed by atoms with Crippen molar-refractivity contribution in [1.29, 1.82) is 0 Å². The van der Waals surface area contributed by atoms with E-state index in [-0.39, 0.29) is 18.0 Å². The summed E-state index contributed by atoms with van der Waals surface area (Å²) < 4.78 is 5.58. The summed E-state index contributed by atoms with van der Waals surface area (Å²) in [5.41, 5.74) is 8.12. The maximum absolute atomic E-state index is 11.3. The molecule has 0 bridgehead atoms. The number of amides is 1. The van der Waals surface area contributed by atoms with E-state index in [2.05, 4.69) is 40.3 Å². The van der Waals surface area contributed by atoms with Crippen LogP contribution in [0.4, 0.5) is 17.2 Å². The Morgan fingerprint density at radius 1 is 1.18 bits per heavy atom. The first kappa shape index (κ1) is 24.4. The van der Waals surface area contributed by atoms with Crippen molar-refractivity contribution in [2.75, 3.05) is 30.0 Å². The molecule has 178 valence electrons. The van der Waals surface area contributed by atoms with Crippen molar-refractivity contribution < 1.29 is 19.4 Å². The molecule has 2 heterocycles. The summed E-state index contributed by atoms with van der Waals surface area (Å²) in [4.78, 5) is 25.0. The Bertz CT molecular complexity index is 958. The van der Waals surface area contributed by atoms with Gasteiger partial charge in [-0.3, -0.25) is 9.59 Å². The van der Waals surface area contributed by atoms with Crippen LogP contribution in [0.2, 0.25) is 0 Å². The summed E-state index contributed by atoms with van der Waals surface area (Å²) in [6, 6.07) is 9.57. The minimum atomic E-state index is -0.836. The number of anilines is 3. The van der Waals surface area contributed by atoms with Crippen molar-refractivity contribution in [3.8, 4) is 0 Å². The molecule has 2 aromatic rings. The summed E-state index contributed by atoms with van der Waals surface area (Å²) in [7, 11) is 0. The van der Waals surface area contributed by atoms with Crippen LogP contribution in [-0.4, -0.2) is 53.0 Å². The van der Waals surface area contributed by atoms with Gasteiger partial charge >= 0.3 is 5.97 Å². The van der Waals surface area contributed by atoms with E-state index in [1.165, 1.54) is 6.07 Å². The average molecular weight is 456 g/mol. The lowest BCUT2D eigenvalue weighted by Gasteiger charge is -2.38. The second-order valence-electron chi connectivity index (χ2n) is 8.96. The highest BCUT2D eigenvalue weighted by Gasteiger charge is 2.25. The number of primary amides is 1. The van der Waals surface area contributed by atoms with Crippen molar-refractivity contribution in [3.05, 3.63) is 41.6 Å². The molecule has 0 aliphatic carbocycles. The molecule has 4 N–H and O–H groups in total. The van der Waals surface area contributed by atoms with Gasteiger partial charge in [0.25, 0.3) is 5.91 Å². The molecule has 1 aliphatic heterocycles. The molecule has 1 aliphatic rings. The zero-order valence-electron chi connectivity index (χ0n) is 19.5. The number of benzene rings is 1. The van der Waals surface area contributed by atoms with Crippen LogP contribution in [0.3, 0.4) is 0 Å². The predicted octanol–water partition coefficient (Wildman–Crippen LogP) is 3.54. The lowest BCUT2D eigenvalue weighted by atomic mass is 9.95. The summed E-state index contributed by atoms with van der Waals surface area (Å²) in [6.07, 6.45) is 1.93. The third-order valence-electron chi connectivity index (χ3n) is 5.75. The molecule has 0 saturated carbocycles. The maximum atomic E-state index is 11.3. The van der Waals surface area contributed by atoms with Gasteiger partial charge < -0.3 is 25.8 Å². The number of nitrogens with two attached hydrogens (primary N) is 1. The highest BCUT2D eigenvalue weighted by molar-refractivity contribution is 5.90. The van der Waals surface area contributed by atoms with E-state index in [9.17, 15) is 14.7 Å². The predicted molar refractivity (Wildman–Crippen MR) is 127 cm³/mol.